The van der Waals surface area contributed by atoms with Crippen molar-refractivity contribution in [1.82, 2.24) is 0 Å². The zero-order chi connectivity index (χ0) is 10.5. The van der Waals surface area contributed by atoms with Crippen LogP contribution in [0.25, 0.3) is 0 Å². The standard InChI is InChI=1S/C13H20O2/c14-13(12-7-8-15-10-12)9-11-5-3-1-2-4-6-11/h7-8,10-11,13-14H,1-6,9H2. The molecule has 2 heteroatoms. The van der Waals surface area contributed by atoms with Crippen LogP contribution in [0.15, 0.2) is 23.0 Å². The van der Waals surface area contributed by atoms with Crippen molar-refractivity contribution < 1.29 is 9.52 Å². The number of aliphatic hydroxyl groups excluding tert-OH is 1. The molecule has 0 aliphatic heterocycles. The molecule has 1 atom stereocenters. The molecule has 1 aromatic heterocycles. The van der Waals surface area contributed by atoms with Crippen LogP contribution in [-0.4, -0.2) is 5.11 Å². The Balaban J connectivity index is 1.84. The van der Waals surface area contributed by atoms with Gasteiger partial charge < -0.3 is 9.52 Å². The largest absolute Gasteiger partial charge is 0.472 e. The van der Waals surface area contributed by atoms with Gasteiger partial charge in [0.05, 0.1) is 18.6 Å². The predicted molar refractivity (Wildman–Crippen MR) is 59.5 cm³/mol. The molecule has 1 heterocycles. The van der Waals surface area contributed by atoms with Gasteiger partial charge in [-0.3, -0.25) is 0 Å². The van der Waals surface area contributed by atoms with Crippen LogP contribution in [0.1, 0.15) is 56.6 Å². The Morgan fingerprint density at radius 1 is 1.27 bits per heavy atom. The molecule has 1 aliphatic rings. The lowest BCUT2D eigenvalue weighted by molar-refractivity contribution is 0.138. The maximum absolute atomic E-state index is 9.99. The van der Waals surface area contributed by atoms with Gasteiger partial charge in [0.2, 0.25) is 0 Å². The molecule has 0 radical (unpaired) electrons. The van der Waals surface area contributed by atoms with Crippen LogP contribution in [0.5, 0.6) is 0 Å². The Morgan fingerprint density at radius 3 is 2.60 bits per heavy atom. The molecule has 1 unspecified atom stereocenters. The summed E-state index contributed by atoms with van der Waals surface area (Å²) in [6.07, 6.45) is 11.9. The number of furan rings is 1. The Labute approximate surface area is 91.3 Å². The first-order chi connectivity index (χ1) is 7.36. The Bertz CT molecular complexity index is 258. The topological polar surface area (TPSA) is 33.4 Å². The summed E-state index contributed by atoms with van der Waals surface area (Å²) < 4.78 is 4.99. The lowest BCUT2D eigenvalue weighted by atomic mass is 9.92. The highest BCUT2D eigenvalue weighted by Crippen LogP contribution is 2.30. The number of hydrogen-bond donors (Lipinski definition) is 1. The fourth-order valence-corrected chi connectivity index (χ4v) is 2.52. The second-order valence-electron chi connectivity index (χ2n) is 4.67. The lowest BCUT2D eigenvalue weighted by Crippen LogP contribution is -2.06. The van der Waals surface area contributed by atoms with Crippen molar-refractivity contribution in [1.29, 1.82) is 0 Å². The van der Waals surface area contributed by atoms with E-state index in [-0.39, 0.29) is 6.10 Å². The zero-order valence-corrected chi connectivity index (χ0v) is 9.19. The van der Waals surface area contributed by atoms with E-state index >= 15 is 0 Å². The first kappa shape index (κ1) is 10.7. The first-order valence-corrected chi connectivity index (χ1v) is 6.06. The molecule has 1 fully saturated rings. The van der Waals surface area contributed by atoms with Crippen molar-refractivity contribution in [2.75, 3.05) is 0 Å². The molecular weight excluding hydrogens is 188 g/mol. The van der Waals surface area contributed by atoms with Gasteiger partial charge in [-0.1, -0.05) is 38.5 Å². The minimum absolute atomic E-state index is 0.327. The summed E-state index contributed by atoms with van der Waals surface area (Å²) in [5.41, 5.74) is 0.930. The highest BCUT2D eigenvalue weighted by Gasteiger charge is 2.18. The van der Waals surface area contributed by atoms with Crippen LogP contribution in [0.3, 0.4) is 0 Å². The SMILES string of the molecule is OC(CC1CCCCCC1)c1ccoc1. The second-order valence-corrected chi connectivity index (χ2v) is 4.67. The van der Waals surface area contributed by atoms with Gasteiger partial charge in [-0.05, 0) is 18.4 Å². The van der Waals surface area contributed by atoms with Crippen LogP contribution in [0, 0.1) is 5.92 Å². The quantitative estimate of drug-likeness (QED) is 0.769. The molecule has 1 aromatic rings. The van der Waals surface area contributed by atoms with E-state index in [1.165, 1.54) is 38.5 Å². The van der Waals surface area contributed by atoms with Crippen molar-refractivity contribution in [3.63, 3.8) is 0 Å². The lowest BCUT2D eigenvalue weighted by Gasteiger charge is -2.17. The van der Waals surface area contributed by atoms with E-state index in [2.05, 4.69) is 0 Å². The van der Waals surface area contributed by atoms with Gasteiger partial charge in [0, 0.05) is 5.56 Å². The minimum Gasteiger partial charge on any atom is -0.472 e. The summed E-state index contributed by atoms with van der Waals surface area (Å²) in [5.74, 6) is 0.706. The van der Waals surface area contributed by atoms with Crippen molar-refractivity contribution in [3.8, 4) is 0 Å². The molecule has 15 heavy (non-hydrogen) atoms. The molecule has 84 valence electrons. The average Bonchev–Trinajstić information content (AvgIpc) is 2.65. The number of rotatable bonds is 3. The summed E-state index contributed by atoms with van der Waals surface area (Å²) in [6, 6.07) is 1.86. The molecule has 1 saturated carbocycles. The van der Waals surface area contributed by atoms with Crippen molar-refractivity contribution in [2.24, 2.45) is 5.92 Å². The maximum atomic E-state index is 9.99. The summed E-state index contributed by atoms with van der Waals surface area (Å²) in [5, 5.41) is 9.99. The monoisotopic (exact) mass is 208 g/mol. The first-order valence-electron chi connectivity index (χ1n) is 6.06. The fourth-order valence-electron chi connectivity index (χ4n) is 2.52. The van der Waals surface area contributed by atoms with Crippen LogP contribution >= 0.6 is 0 Å². The minimum atomic E-state index is -0.327. The molecule has 1 aliphatic carbocycles. The summed E-state index contributed by atoms with van der Waals surface area (Å²) in [7, 11) is 0. The molecule has 0 saturated heterocycles. The van der Waals surface area contributed by atoms with E-state index in [9.17, 15) is 5.11 Å². The Morgan fingerprint density at radius 2 is 2.00 bits per heavy atom. The third-order valence-corrected chi connectivity index (χ3v) is 3.46. The number of aliphatic hydroxyl groups is 1. The predicted octanol–water partition coefficient (Wildman–Crippen LogP) is 3.67. The molecule has 0 amide bonds. The molecule has 0 aromatic carbocycles. The van der Waals surface area contributed by atoms with Crippen molar-refractivity contribution >= 4 is 0 Å². The highest BCUT2D eigenvalue weighted by molar-refractivity contribution is 5.09. The Hall–Kier alpha value is -0.760. The summed E-state index contributed by atoms with van der Waals surface area (Å²) in [4.78, 5) is 0. The molecule has 2 nitrogen and oxygen atoms in total. The van der Waals surface area contributed by atoms with Crippen LogP contribution in [0.4, 0.5) is 0 Å². The average molecular weight is 208 g/mol. The summed E-state index contributed by atoms with van der Waals surface area (Å²) in [6.45, 7) is 0. The maximum Gasteiger partial charge on any atom is 0.0960 e. The van der Waals surface area contributed by atoms with Crippen LogP contribution < -0.4 is 0 Å². The molecular formula is C13H20O2. The van der Waals surface area contributed by atoms with Gasteiger partial charge in [0.1, 0.15) is 0 Å². The van der Waals surface area contributed by atoms with Crippen LogP contribution in [0.2, 0.25) is 0 Å². The van der Waals surface area contributed by atoms with Gasteiger partial charge >= 0.3 is 0 Å². The Kier molecular flexibility index (Phi) is 3.84. The fraction of sp³-hybridized carbons (Fsp3) is 0.692. The third-order valence-electron chi connectivity index (χ3n) is 3.46. The van der Waals surface area contributed by atoms with Crippen LogP contribution in [-0.2, 0) is 0 Å². The van der Waals surface area contributed by atoms with Crippen molar-refractivity contribution in [3.05, 3.63) is 24.2 Å². The zero-order valence-electron chi connectivity index (χ0n) is 9.19. The van der Waals surface area contributed by atoms with Gasteiger partial charge in [-0.2, -0.15) is 0 Å². The summed E-state index contributed by atoms with van der Waals surface area (Å²) >= 11 is 0. The van der Waals surface area contributed by atoms with Gasteiger partial charge in [0.15, 0.2) is 0 Å². The molecule has 0 bridgehead atoms. The second kappa shape index (κ2) is 5.36. The molecule has 2 rings (SSSR count). The third kappa shape index (κ3) is 3.10. The molecule has 1 N–H and O–H groups in total. The number of hydrogen-bond acceptors (Lipinski definition) is 2. The van der Waals surface area contributed by atoms with E-state index in [0.29, 0.717) is 5.92 Å². The van der Waals surface area contributed by atoms with E-state index in [0.717, 1.165) is 12.0 Å². The van der Waals surface area contributed by atoms with E-state index in [1.54, 1.807) is 12.5 Å². The van der Waals surface area contributed by atoms with E-state index < -0.39 is 0 Å². The molecule has 0 spiro atoms. The van der Waals surface area contributed by atoms with E-state index in [1.807, 2.05) is 6.07 Å². The highest BCUT2D eigenvalue weighted by atomic mass is 16.3. The van der Waals surface area contributed by atoms with Gasteiger partial charge in [0.25, 0.3) is 0 Å². The smallest absolute Gasteiger partial charge is 0.0960 e. The normalized spacial score (nSPS) is 21.1. The van der Waals surface area contributed by atoms with Gasteiger partial charge in [-0.25, -0.2) is 0 Å². The van der Waals surface area contributed by atoms with Gasteiger partial charge in [-0.15, -0.1) is 0 Å². The van der Waals surface area contributed by atoms with E-state index in [4.69, 9.17) is 4.42 Å². The van der Waals surface area contributed by atoms with Crippen molar-refractivity contribution in [2.45, 2.75) is 51.0 Å².